The van der Waals surface area contributed by atoms with Crippen molar-refractivity contribution in [3.8, 4) is 11.1 Å². The predicted octanol–water partition coefficient (Wildman–Crippen LogP) is 5.15. The van der Waals surface area contributed by atoms with E-state index in [1.807, 2.05) is 30.4 Å². The monoisotopic (exact) mass is 511 g/mol. The third-order valence-electron chi connectivity index (χ3n) is 6.04. The summed E-state index contributed by atoms with van der Waals surface area (Å²) in [6, 6.07) is 5.68. The summed E-state index contributed by atoms with van der Waals surface area (Å²) in [7, 11) is 0. The Kier molecular flexibility index (Phi) is 5.62. The van der Waals surface area contributed by atoms with E-state index >= 15 is 0 Å². The molecule has 1 fully saturated rings. The first kappa shape index (κ1) is 21.9. The van der Waals surface area contributed by atoms with Gasteiger partial charge in [-0.05, 0) is 53.4 Å². The van der Waals surface area contributed by atoms with Crippen LogP contribution in [0.25, 0.3) is 27.7 Å². The highest BCUT2D eigenvalue weighted by Gasteiger charge is 2.43. The molecule has 0 radical (unpaired) electrons. The van der Waals surface area contributed by atoms with Crippen molar-refractivity contribution < 1.29 is 14.3 Å². The number of alkyl halides is 1. The number of halogens is 2. The highest BCUT2D eigenvalue weighted by atomic mass is 79.9. The van der Waals surface area contributed by atoms with Crippen LogP contribution in [0.15, 0.2) is 41.4 Å². The molecular weight excluding hydrogens is 489 g/mol. The number of nitrogens with zero attached hydrogens (tertiary/aromatic N) is 4. The number of aliphatic hydroxyl groups excluding tert-OH is 1. The number of anilines is 1. The molecule has 0 saturated heterocycles. The Morgan fingerprint density at radius 2 is 2.03 bits per heavy atom. The maximum absolute atomic E-state index is 13.2. The number of rotatable bonds is 6. The molecule has 3 atom stereocenters. The lowest BCUT2D eigenvalue weighted by molar-refractivity contribution is -0.117. The zero-order valence-corrected chi connectivity index (χ0v) is 19.8. The minimum absolute atomic E-state index is 0.266. The summed E-state index contributed by atoms with van der Waals surface area (Å²) in [4.78, 5) is 25.6. The molecule has 5 rings (SSSR count). The fraction of sp³-hybridized carbons (Fsp3) is 0.333. The molecule has 9 heteroatoms. The zero-order valence-electron chi connectivity index (χ0n) is 18.2. The SMILES string of the molecule is CCC[C@@H](O)c1cc(C)c(-c2cc3cnc(NC(=O)[C@H]4C[C@H]4F)cc3n3c(Br)cnc23)cn1. The van der Waals surface area contributed by atoms with Crippen LogP contribution in [0.2, 0.25) is 0 Å². The van der Waals surface area contributed by atoms with E-state index in [2.05, 4.69) is 36.2 Å². The van der Waals surface area contributed by atoms with Gasteiger partial charge in [-0.2, -0.15) is 0 Å². The third kappa shape index (κ3) is 4.00. The van der Waals surface area contributed by atoms with E-state index in [4.69, 9.17) is 0 Å². The van der Waals surface area contributed by atoms with Crippen LogP contribution >= 0.6 is 15.9 Å². The van der Waals surface area contributed by atoms with Gasteiger partial charge in [-0.3, -0.25) is 14.2 Å². The molecule has 1 aliphatic rings. The van der Waals surface area contributed by atoms with Gasteiger partial charge in [-0.25, -0.2) is 14.4 Å². The number of aryl methyl sites for hydroxylation is 1. The van der Waals surface area contributed by atoms with Crippen LogP contribution < -0.4 is 5.32 Å². The number of carbonyl (C=O) groups excluding carboxylic acids is 1. The van der Waals surface area contributed by atoms with Crippen molar-refractivity contribution in [1.29, 1.82) is 0 Å². The second-order valence-corrected chi connectivity index (χ2v) is 9.31. The molecule has 0 spiro atoms. The lowest BCUT2D eigenvalue weighted by Crippen LogP contribution is -2.16. The Morgan fingerprint density at radius 3 is 2.73 bits per heavy atom. The molecule has 170 valence electrons. The summed E-state index contributed by atoms with van der Waals surface area (Å²) in [5, 5.41) is 13.9. The number of aromatic nitrogens is 4. The van der Waals surface area contributed by atoms with Crippen LogP contribution in [0.3, 0.4) is 0 Å². The zero-order chi connectivity index (χ0) is 23.3. The lowest BCUT2D eigenvalue weighted by atomic mass is 10.00. The molecule has 0 aromatic carbocycles. The van der Waals surface area contributed by atoms with Crippen molar-refractivity contribution in [1.82, 2.24) is 19.4 Å². The van der Waals surface area contributed by atoms with Gasteiger partial charge in [0.25, 0.3) is 0 Å². The number of aliphatic hydroxyl groups is 1. The van der Waals surface area contributed by atoms with E-state index < -0.39 is 18.2 Å². The van der Waals surface area contributed by atoms with E-state index in [-0.39, 0.29) is 12.3 Å². The maximum Gasteiger partial charge on any atom is 0.231 e. The van der Waals surface area contributed by atoms with Crippen molar-refractivity contribution in [3.05, 3.63) is 52.7 Å². The van der Waals surface area contributed by atoms with Gasteiger partial charge in [0.2, 0.25) is 5.91 Å². The minimum atomic E-state index is -1.06. The predicted molar refractivity (Wildman–Crippen MR) is 128 cm³/mol. The Balaban J connectivity index is 1.59. The number of carbonyl (C=O) groups is 1. The molecule has 4 heterocycles. The number of hydrogen-bond acceptors (Lipinski definition) is 5. The van der Waals surface area contributed by atoms with Gasteiger partial charge in [-0.1, -0.05) is 13.3 Å². The number of pyridine rings is 3. The Morgan fingerprint density at radius 1 is 1.24 bits per heavy atom. The first-order valence-corrected chi connectivity index (χ1v) is 11.7. The molecule has 4 aromatic rings. The summed E-state index contributed by atoms with van der Waals surface area (Å²) in [6.07, 6.45) is 5.34. The van der Waals surface area contributed by atoms with Crippen molar-refractivity contribution in [3.63, 3.8) is 0 Å². The average Bonchev–Trinajstić information content (AvgIpc) is 3.41. The summed E-state index contributed by atoms with van der Waals surface area (Å²) in [5.41, 5.74) is 4.96. The summed E-state index contributed by atoms with van der Waals surface area (Å²) >= 11 is 3.57. The second-order valence-electron chi connectivity index (χ2n) is 8.50. The molecule has 1 amide bonds. The maximum atomic E-state index is 13.2. The number of fused-ring (bicyclic) bond motifs is 3. The Bertz CT molecular complexity index is 1390. The molecule has 0 aliphatic heterocycles. The molecule has 4 aromatic heterocycles. The molecule has 1 aliphatic carbocycles. The van der Waals surface area contributed by atoms with Gasteiger partial charge in [0.05, 0.1) is 29.4 Å². The van der Waals surface area contributed by atoms with Crippen molar-refractivity contribution >= 4 is 44.2 Å². The number of imidazole rings is 1. The minimum Gasteiger partial charge on any atom is -0.387 e. The Labute approximate surface area is 198 Å². The Hall–Kier alpha value is -2.91. The van der Waals surface area contributed by atoms with Crippen LogP contribution in [0, 0.1) is 12.8 Å². The van der Waals surface area contributed by atoms with Gasteiger partial charge in [-0.15, -0.1) is 0 Å². The average molecular weight is 512 g/mol. The molecule has 1 saturated carbocycles. The third-order valence-corrected chi connectivity index (χ3v) is 6.60. The van der Waals surface area contributed by atoms with Crippen LogP contribution in [-0.4, -0.2) is 36.5 Å². The molecule has 7 nitrogen and oxygen atoms in total. The van der Waals surface area contributed by atoms with Crippen molar-refractivity contribution in [2.24, 2.45) is 5.92 Å². The van der Waals surface area contributed by atoms with E-state index in [0.29, 0.717) is 17.9 Å². The number of nitrogens with one attached hydrogen (secondary N) is 1. The largest absolute Gasteiger partial charge is 0.387 e. The first-order valence-electron chi connectivity index (χ1n) is 10.9. The lowest BCUT2D eigenvalue weighted by Gasteiger charge is -2.14. The fourth-order valence-electron chi connectivity index (χ4n) is 4.11. The molecule has 0 bridgehead atoms. The molecular formula is C24H23BrFN5O2. The highest BCUT2D eigenvalue weighted by Crippen LogP contribution is 2.36. The van der Waals surface area contributed by atoms with Crippen molar-refractivity contribution in [2.75, 3.05) is 5.32 Å². The van der Waals surface area contributed by atoms with Gasteiger partial charge in [0.1, 0.15) is 22.2 Å². The summed E-state index contributed by atoms with van der Waals surface area (Å²) in [5.74, 6) is -0.563. The van der Waals surface area contributed by atoms with Crippen LogP contribution in [0.5, 0.6) is 0 Å². The molecule has 2 N–H and O–H groups in total. The second kappa shape index (κ2) is 8.46. The first-order chi connectivity index (χ1) is 15.9. The normalized spacial score (nSPS) is 18.6. The molecule has 33 heavy (non-hydrogen) atoms. The van der Waals surface area contributed by atoms with E-state index in [0.717, 1.165) is 44.3 Å². The van der Waals surface area contributed by atoms with Crippen molar-refractivity contribution in [2.45, 2.75) is 45.4 Å². The van der Waals surface area contributed by atoms with Gasteiger partial charge in [0.15, 0.2) is 0 Å². The van der Waals surface area contributed by atoms with Crippen LogP contribution in [-0.2, 0) is 4.79 Å². The van der Waals surface area contributed by atoms with Gasteiger partial charge in [0, 0.05) is 35.0 Å². The van der Waals surface area contributed by atoms with Crippen LogP contribution in [0.4, 0.5) is 10.2 Å². The van der Waals surface area contributed by atoms with E-state index in [9.17, 15) is 14.3 Å². The smallest absolute Gasteiger partial charge is 0.231 e. The molecule has 0 unspecified atom stereocenters. The quantitative estimate of drug-likeness (QED) is 0.373. The standard InChI is InChI=1S/C24H23BrFN5O2/c1-3-4-20(32)18-5-12(2)16(10-27-18)14-6-13-9-28-22(30-24(33)15-7-17(15)26)8-19(13)31-21(25)11-29-23(14)31/h5-6,8-11,15,17,20,32H,3-4,7H2,1-2H3,(H,28,30,33)/t15-,17+,20+/m0/s1. The topological polar surface area (TPSA) is 92.4 Å². The van der Waals surface area contributed by atoms with Crippen LogP contribution in [0.1, 0.15) is 43.5 Å². The summed E-state index contributed by atoms with van der Waals surface area (Å²) in [6.45, 7) is 4.02. The van der Waals surface area contributed by atoms with E-state index in [1.54, 1.807) is 24.7 Å². The highest BCUT2D eigenvalue weighted by molar-refractivity contribution is 9.10. The fourth-order valence-corrected chi connectivity index (χ4v) is 4.58. The number of hydrogen-bond donors (Lipinski definition) is 2. The summed E-state index contributed by atoms with van der Waals surface area (Å²) < 4.78 is 15.9. The van der Waals surface area contributed by atoms with Gasteiger partial charge >= 0.3 is 0 Å². The van der Waals surface area contributed by atoms with E-state index in [1.165, 1.54) is 0 Å². The number of amides is 1. The van der Waals surface area contributed by atoms with Gasteiger partial charge < -0.3 is 10.4 Å².